The second-order valence-electron chi connectivity index (χ2n) is 8.77. The largest absolute Gasteiger partial charge is 0.339 e. The van der Waals surface area contributed by atoms with E-state index in [2.05, 4.69) is 45.1 Å². The van der Waals surface area contributed by atoms with E-state index in [1.54, 1.807) is 0 Å². The first-order valence-electron chi connectivity index (χ1n) is 9.72. The molecule has 1 aromatic carbocycles. The Balaban J connectivity index is 1.31. The van der Waals surface area contributed by atoms with Crippen molar-refractivity contribution in [1.29, 1.82) is 0 Å². The first-order chi connectivity index (χ1) is 11.7. The topological polar surface area (TPSA) is 20.3 Å². The Morgan fingerprint density at radius 3 is 2.42 bits per heavy atom. The molecule has 1 unspecified atom stereocenters. The Labute approximate surface area is 153 Å². The SMILES string of the molecule is O=C1C(Cc2cccc(Br)c2)CCN1C1C2CC3CC(C2)CC1C3. The smallest absolute Gasteiger partial charge is 0.226 e. The summed E-state index contributed by atoms with van der Waals surface area (Å²) in [5, 5.41) is 0. The average molecular weight is 388 g/mol. The third-order valence-corrected chi connectivity index (χ3v) is 7.75. The molecular weight excluding hydrogens is 362 g/mol. The van der Waals surface area contributed by atoms with Crippen LogP contribution in [0.5, 0.6) is 0 Å². The molecule has 1 atom stereocenters. The molecule has 0 spiro atoms. The number of hydrogen-bond acceptors (Lipinski definition) is 1. The lowest BCUT2D eigenvalue weighted by Crippen LogP contribution is -2.56. The molecule has 1 saturated heterocycles. The molecule has 5 aliphatic rings. The van der Waals surface area contributed by atoms with Gasteiger partial charge in [0, 0.05) is 23.0 Å². The van der Waals surface area contributed by atoms with Gasteiger partial charge in [-0.25, -0.2) is 0 Å². The molecule has 6 rings (SSSR count). The zero-order valence-corrected chi connectivity index (χ0v) is 15.7. The lowest BCUT2D eigenvalue weighted by molar-refractivity contribution is -0.141. The summed E-state index contributed by atoms with van der Waals surface area (Å²) < 4.78 is 1.11. The maximum absolute atomic E-state index is 13.1. The Kier molecular flexibility index (Phi) is 3.77. The van der Waals surface area contributed by atoms with Crippen molar-refractivity contribution in [3.63, 3.8) is 0 Å². The highest BCUT2D eigenvalue weighted by atomic mass is 79.9. The molecule has 24 heavy (non-hydrogen) atoms. The molecule has 3 heteroatoms. The summed E-state index contributed by atoms with van der Waals surface area (Å²) in [6.07, 6.45) is 9.04. The van der Waals surface area contributed by atoms with Gasteiger partial charge in [0.05, 0.1) is 0 Å². The number of carbonyl (C=O) groups excluding carboxylic acids is 1. The molecule has 1 amide bonds. The lowest BCUT2D eigenvalue weighted by Gasteiger charge is -2.56. The molecular formula is C21H26BrNO. The third-order valence-electron chi connectivity index (χ3n) is 7.26. The van der Waals surface area contributed by atoms with Crippen LogP contribution in [0.3, 0.4) is 0 Å². The number of amides is 1. The van der Waals surface area contributed by atoms with Crippen LogP contribution in [0.1, 0.15) is 44.1 Å². The third kappa shape index (κ3) is 2.55. The minimum atomic E-state index is 0.205. The minimum Gasteiger partial charge on any atom is -0.339 e. The van der Waals surface area contributed by atoms with Gasteiger partial charge >= 0.3 is 0 Å². The van der Waals surface area contributed by atoms with Crippen molar-refractivity contribution in [2.75, 3.05) is 6.54 Å². The number of likely N-dealkylation sites (tertiary alicyclic amines) is 1. The summed E-state index contributed by atoms with van der Waals surface area (Å²) in [5.41, 5.74) is 1.29. The van der Waals surface area contributed by atoms with Gasteiger partial charge in [0.1, 0.15) is 0 Å². The highest BCUT2D eigenvalue weighted by Crippen LogP contribution is 2.55. The lowest BCUT2D eigenvalue weighted by atomic mass is 9.54. The molecule has 2 nitrogen and oxygen atoms in total. The summed E-state index contributed by atoms with van der Waals surface area (Å²) in [6.45, 7) is 1.00. The molecule has 1 aromatic rings. The van der Waals surface area contributed by atoms with E-state index >= 15 is 0 Å². The van der Waals surface area contributed by atoms with Crippen LogP contribution in [-0.2, 0) is 11.2 Å². The van der Waals surface area contributed by atoms with Gasteiger partial charge in [-0.3, -0.25) is 4.79 Å². The van der Waals surface area contributed by atoms with Crippen LogP contribution < -0.4 is 0 Å². The van der Waals surface area contributed by atoms with Crippen molar-refractivity contribution in [3.05, 3.63) is 34.3 Å². The summed E-state index contributed by atoms with van der Waals surface area (Å²) in [6, 6.07) is 9.04. The molecule has 128 valence electrons. The second-order valence-corrected chi connectivity index (χ2v) is 9.69. The molecule has 0 radical (unpaired) electrons. The van der Waals surface area contributed by atoms with Crippen LogP contribution in [0, 0.1) is 29.6 Å². The summed E-state index contributed by atoms with van der Waals surface area (Å²) in [4.78, 5) is 15.5. The predicted molar refractivity (Wildman–Crippen MR) is 98.5 cm³/mol. The minimum absolute atomic E-state index is 0.205. The Morgan fingerprint density at radius 1 is 1.04 bits per heavy atom. The number of benzene rings is 1. The Bertz CT molecular complexity index is 629. The highest BCUT2D eigenvalue weighted by Gasteiger charge is 2.52. The fraction of sp³-hybridized carbons (Fsp3) is 0.667. The predicted octanol–water partition coefficient (Wildman–Crippen LogP) is 4.66. The van der Waals surface area contributed by atoms with E-state index in [4.69, 9.17) is 0 Å². The van der Waals surface area contributed by atoms with Crippen molar-refractivity contribution in [2.24, 2.45) is 29.6 Å². The van der Waals surface area contributed by atoms with Gasteiger partial charge in [0.25, 0.3) is 0 Å². The van der Waals surface area contributed by atoms with Gasteiger partial charge in [-0.15, -0.1) is 0 Å². The van der Waals surface area contributed by atoms with Crippen LogP contribution in [0.4, 0.5) is 0 Å². The van der Waals surface area contributed by atoms with Crippen LogP contribution in [0.2, 0.25) is 0 Å². The quantitative estimate of drug-likeness (QED) is 0.737. The number of hydrogen-bond donors (Lipinski definition) is 0. The molecule has 4 bridgehead atoms. The van der Waals surface area contributed by atoms with Crippen molar-refractivity contribution < 1.29 is 4.79 Å². The van der Waals surface area contributed by atoms with E-state index in [0.29, 0.717) is 11.9 Å². The van der Waals surface area contributed by atoms with E-state index < -0.39 is 0 Å². The summed E-state index contributed by atoms with van der Waals surface area (Å²) in [5.74, 6) is 4.26. The maximum atomic E-state index is 13.1. The van der Waals surface area contributed by atoms with Gasteiger partial charge in [-0.05, 0) is 86.3 Å². The van der Waals surface area contributed by atoms with Gasteiger partial charge in [-0.1, -0.05) is 28.1 Å². The van der Waals surface area contributed by atoms with Gasteiger partial charge in [-0.2, -0.15) is 0 Å². The Hall–Kier alpha value is -0.830. The molecule has 0 aromatic heterocycles. The van der Waals surface area contributed by atoms with Crippen molar-refractivity contribution >= 4 is 21.8 Å². The fourth-order valence-electron chi connectivity index (χ4n) is 6.60. The van der Waals surface area contributed by atoms with Gasteiger partial charge in [0.2, 0.25) is 5.91 Å². The van der Waals surface area contributed by atoms with E-state index in [1.807, 2.05) is 0 Å². The van der Waals surface area contributed by atoms with Crippen LogP contribution in [-0.4, -0.2) is 23.4 Å². The molecule has 0 N–H and O–H groups in total. The first-order valence-corrected chi connectivity index (χ1v) is 10.5. The van der Waals surface area contributed by atoms with Gasteiger partial charge < -0.3 is 4.90 Å². The maximum Gasteiger partial charge on any atom is 0.226 e. The summed E-state index contributed by atoms with van der Waals surface area (Å²) >= 11 is 3.55. The molecule has 1 aliphatic heterocycles. The highest BCUT2D eigenvalue weighted by molar-refractivity contribution is 9.10. The normalized spacial score (nSPS) is 40.5. The number of rotatable bonds is 3. The van der Waals surface area contributed by atoms with Crippen LogP contribution in [0.15, 0.2) is 28.7 Å². The molecule has 1 heterocycles. The van der Waals surface area contributed by atoms with E-state index in [-0.39, 0.29) is 5.92 Å². The Morgan fingerprint density at radius 2 is 1.75 bits per heavy atom. The second kappa shape index (κ2) is 5.86. The van der Waals surface area contributed by atoms with Crippen molar-refractivity contribution in [3.8, 4) is 0 Å². The fourth-order valence-corrected chi connectivity index (χ4v) is 7.05. The first kappa shape index (κ1) is 15.4. The van der Waals surface area contributed by atoms with Crippen molar-refractivity contribution in [2.45, 2.75) is 51.0 Å². The van der Waals surface area contributed by atoms with Crippen molar-refractivity contribution in [1.82, 2.24) is 4.90 Å². The zero-order chi connectivity index (χ0) is 16.3. The molecule has 5 fully saturated rings. The number of carbonyl (C=O) groups is 1. The number of halogens is 1. The number of nitrogens with zero attached hydrogens (tertiary/aromatic N) is 1. The van der Waals surface area contributed by atoms with Crippen LogP contribution in [0.25, 0.3) is 0 Å². The van der Waals surface area contributed by atoms with E-state index in [9.17, 15) is 4.79 Å². The van der Waals surface area contributed by atoms with E-state index in [0.717, 1.165) is 47.5 Å². The molecule has 4 aliphatic carbocycles. The average Bonchev–Trinajstić information content (AvgIpc) is 2.88. The molecule has 4 saturated carbocycles. The summed E-state index contributed by atoms with van der Waals surface area (Å²) in [7, 11) is 0. The monoisotopic (exact) mass is 387 g/mol. The standard InChI is InChI=1S/C21H26BrNO/c22-19-3-1-2-13(12-19)7-16-4-5-23(21(16)24)20-17-8-14-6-15(10-17)11-18(20)9-14/h1-3,12,14-18,20H,4-11H2. The van der Waals surface area contributed by atoms with Crippen LogP contribution >= 0.6 is 15.9 Å². The van der Waals surface area contributed by atoms with E-state index in [1.165, 1.54) is 37.7 Å². The zero-order valence-electron chi connectivity index (χ0n) is 14.2. The van der Waals surface area contributed by atoms with Gasteiger partial charge in [0.15, 0.2) is 0 Å².